The summed E-state index contributed by atoms with van der Waals surface area (Å²) < 4.78 is 5.49. The smallest absolute Gasteiger partial charge is 0.311 e. The number of ether oxygens (including phenoxy) is 1. The second kappa shape index (κ2) is 12.8. The van der Waals surface area contributed by atoms with Crippen LogP contribution < -0.4 is 0 Å². The molecular formula is C22H44O2. The first-order valence-electron chi connectivity index (χ1n) is 10.4. The average Bonchev–Trinajstić information content (AvgIpc) is 2.53. The van der Waals surface area contributed by atoms with Crippen molar-refractivity contribution in [3.8, 4) is 0 Å². The van der Waals surface area contributed by atoms with Crippen molar-refractivity contribution >= 4 is 5.97 Å². The van der Waals surface area contributed by atoms with Crippen molar-refractivity contribution in [1.29, 1.82) is 0 Å². The van der Waals surface area contributed by atoms with Crippen LogP contribution in [-0.4, -0.2) is 12.6 Å². The average molecular weight is 341 g/mol. The summed E-state index contributed by atoms with van der Waals surface area (Å²) in [5.41, 5.74) is -0.0704. The van der Waals surface area contributed by atoms with Gasteiger partial charge in [0.1, 0.15) is 0 Å². The molecule has 0 spiro atoms. The molecule has 0 N–H and O–H groups in total. The van der Waals surface area contributed by atoms with Crippen LogP contribution in [0.5, 0.6) is 0 Å². The Morgan fingerprint density at radius 2 is 1.25 bits per heavy atom. The standard InChI is InChI=1S/C22H44O2/c1-7-9-10-11-12-13-14-15-16-17-21(3,4)18-19-24-20(23)22(5,6)8-2/h7-19H2,1-6H3. The van der Waals surface area contributed by atoms with E-state index in [1.807, 2.05) is 20.8 Å². The van der Waals surface area contributed by atoms with Gasteiger partial charge in [-0.1, -0.05) is 85.5 Å². The molecule has 0 rings (SSSR count). The van der Waals surface area contributed by atoms with Gasteiger partial charge in [-0.2, -0.15) is 0 Å². The van der Waals surface area contributed by atoms with E-state index in [2.05, 4.69) is 20.8 Å². The third-order valence-corrected chi connectivity index (χ3v) is 5.41. The summed E-state index contributed by atoms with van der Waals surface area (Å²) in [5.74, 6) is -0.0520. The molecule has 0 radical (unpaired) electrons. The lowest BCUT2D eigenvalue weighted by Gasteiger charge is -2.26. The molecule has 0 aromatic rings. The number of unbranched alkanes of at least 4 members (excludes halogenated alkanes) is 8. The summed E-state index contributed by atoms with van der Waals surface area (Å²) in [4.78, 5) is 12.0. The van der Waals surface area contributed by atoms with Crippen LogP contribution in [0.1, 0.15) is 119 Å². The van der Waals surface area contributed by atoms with E-state index in [1.165, 1.54) is 64.2 Å². The van der Waals surface area contributed by atoms with E-state index in [9.17, 15) is 4.79 Å². The Morgan fingerprint density at radius 3 is 1.75 bits per heavy atom. The second-order valence-corrected chi connectivity index (χ2v) is 8.87. The van der Waals surface area contributed by atoms with E-state index in [4.69, 9.17) is 4.74 Å². The van der Waals surface area contributed by atoms with Crippen LogP contribution in [0, 0.1) is 10.8 Å². The molecule has 0 unspecified atom stereocenters. The number of hydrogen-bond acceptors (Lipinski definition) is 2. The normalized spacial score (nSPS) is 12.4. The SMILES string of the molecule is CCCCCCCCCCCC(C)(C)CCOC(=O)C(C)(C)CC. The highest BCUT2D eigenvalue weighted by Crippen LogP contribution is 2.29. The summed E-state index contributed by atoms with van der Waals surface area (Å²) >= 11 is 0. The van der Waals surface area contributed by atoms with Gasteiger partial charge in [0.05, 0.1) is 12.0 Å². The summed E-state index contributed by atoms with van der Waals surface area (Å²) in [6.07, 6.45) is 15.4. The molecule has 0 fully saturated rings. The van der Waals surface area contributed by atoms with E-state index >= 15 is 0 Å². The Balaban J connectivity index is 3.67. The first-order chi connectivity index (χ1) is 11.2. The largest absolute Gasteiger partial charge is 0.465 e. The van der Waals surface area contributed by atoms with Crippen LogP contribution in [0.2, 0.25) is 0 Å². The van der Waals surface area contributed by atoms with Gasteiger partial charge in [-0.15, -0.1) is 0 Å². The topological polar surface area (TPSA) is 26.3 Å². The zero-order valence-corrected chi connectivity index (χ0v) is 17.5. The van der Waals surface area contributed by atoms with Crippen molar-refractivity contribution in [1.82, 2.24) is 0 Å². The monoisotopic (exact) mass is 340 g/mol. The predicted molar refractivity (Wildman–Crippen MR) is 105 cm³/mol. The van der Waals surface area contributed by atoms with Crippen molar-refractivity contribution in [2.24, 2.45) is 10.8 Å². The van der Waals surface area contributed by atoms with Gasteiger partial charge in [0, 0.05) is 0 Å². The van der Waals surface area contributed by atoms with E-state index in [1.54, 1.807) is 0 Å². The Kier molecular flexibility index (Phi) is 12.5. The molecular weight excluding hydrogens is 296 g/mol. The van der Waals surface area contributed by atoms with Crippen LogP contribution in [0.3, 0.4) is 0 Å². The Hall–Kier alpha value is -0.530. The molecule has 0 aromatic carbocycles. The molecule has 2 nitrogen and oxygen atoms in total. The molecule has 0 amide bonds. The maximum Gasteiger partial charge on any atom is 0.311 e. The predicted octanol–water partition coefficient (Wildman–Crippen LogP) is 7.30. The van der Waals surface area contributed by atoms with Crippen LogP contribution >= 0.6 is 0 Å². The lowest BCUT2D eigenvalue weighted by atomic mass is 9.84. The molecule has 0 aliphatic heterocycles. The van der Waals surface area contributed by atoms with Gasteiger partial charge >= 0.3 is 5.97 Å². The molecule has 0 aliphatic carbocycles. The zero-order chi connectivity index (χ0) is 18.5. The Labute approximate surface area is 152 Å². The summed E-state index contributed by atoms with van der Waals surface area (Å²) in [7, 11) is 0. The van der Waals surface area contributed by atoms with Gasteiger partial charge in [-0.05, 0) is 38.5 Å². The van der Waals surface area contributed by atoms with Crippen LogP contribution in [0.25, 0.3) is 0 Å². The van der Waals surface area contributed by atoms with E-state index in [0.29, 0.717) is 6.61 Å². The van der Waals surface area contributed by atoms with Crippen LogP contribution in [0.4, 0.5) is 0 Å². The lowest BCUT2D eigenvalue weighted by molar-refractivity contribution is -0.154. The third-order valence-electron chi connectivity index (χ3n) is 5.41. The molecule has 0 aromatic heterocycles. The van der Waals surface area contributed by atoms with Crippen molar-refractivity contribution < 1.29 is 9.53 Å². The van der Waals surface area contributed by atoms with Crippen molar-refractivity contribution in [2.75, 3.05) is 6.61 Å². The van der Waals surface area contributed by atoms with E-state index in [-0.39, 0.29) is 16.8 Å². The van der Waals surface area contributed by atoms with Crippen LogP contribution in [-0.2, 0) is 9.53 Å². The fraction of sp³-hybridized carbons (Fsp3) is 0.955. The number of esters is 1. The first kappa shape index (κ1) is 23.5. The molecule has 0 heterocycles. The van der Waals surface area contributed by atoms with Gasteiger partial charge in [-0.25, -0.2) is 0 Å². The Bertz CT molecular complexity index is 318. The minimum atomic E-state index is -0.346. The molecule has 0 saturated heterocycles. The maximum absolute atomic E-state index is 12.0. The van der Waals surface area contributed by atoms with Crippen LogP contribution in [0.15, 0.2) is 0 Å². The molecule has 2 heteroatoms. The quantitative estimate of drug-likeness (QED) is 0.231. The number of carbonyl (C=O) groups is 1. The minimum Gasteiger partial charge on any atom is -0.465 e. The minimum absolute atomic E-state index is 0.0520. The van der Waals surface area contributed by atoms with Gasteiger partial charge in [0.15, 0.2) is 0 Å². The first-order valence-corrected chi connectivity index (χ1v) is 10.4. The zero-order valence-electron chi connectivity index (χ0n) is 17.5. The molecule has 0 aliphatic rings. The molecule has 144 valence electrons. The van der Waals surface area contributed by atoms with Gasteiger partial charge < -0.3 is 4.74 Å². The van der Waals surface area contributed by atoms with Crippen molar-refractivity contribution in [3.63, 3.8) is 0 Å². The highest BCUT2D eigenvalue weighted by molar-refractivity contribution is 5.75. The molecule has 24 heavy (non-hydrogen) atoms. The third kappa shape index (κ3) is 11.9. The number of carbonyl (C=O) groups excluding carboxylic acids is 1. The van der Waals surface area contributed by atoms with Crippen molar-refractivity contribution in [2.45, 2.75) is 119 Å². The molecule has 0 atom stereocenters. The fourth-order valence-corrected chi connectivity index (χ4v) is 2.80. The number of rotatable bonds is 15. The van der Waals surface area contributed by atoms with Crippen molar-refractivity contribution in [3.05, 3.63) is 0 Å². The van der Waals surface area contributed by atoms with E-state index in [0.717, 1.165) is 12.8 Å². The fourth-order valence-electron chi connectivity index (χ4n) is 2.80. The van der Waals surface area contributed by atoms with Gasteiger partial charge in [-0.3, -0.25) is 4.79 Å². The summed E-state index contributed by atoms with van der Waals surface area (Å²) in [6.45, 7) is 13.4. The molecule has 0 bridgehead atoms. The van der Waals surface area contributed by atoms with E-state index < -0.39 is 0 Å². The highest BCUT2D eigenvalue weighted by atomic mass is 16.5. The van der Waals surface area contributed by atoms with Gasteiger partial charge in [0.2, 0.25) is 0 Å². The van der Waals surface area contributed by atoms with Gasteiger partial charge in [0.25, 0.3) is 0 Å². The highest BCUT2D eigenvalue weighted by Gasteiger charge is 2.27. The number of hydrogen-bond donors (Lipinski definition) is 0. The summed E-state index contributed by atoms with van der Waals surface area (Å²) in [6, 6.07) is 0. The second-order valence-electron chi connectivity index (χ2n) is 8.87. The Morgan fingerprint density at radius 1 is 0.750 bits per heavy atom. The lowest BCUT2D eigenvalue weighted by Crippen LogP contribution is -2.27. The summed E-state index contributed by atoms with van der Waals surface area (Å²) in [5, 5.41) is 0. The molecule has 0 saturated carbocycles. The maximum atomic E-state index is 12.0.